The van der Waals surface area contributed by atoms with E-state index in [9.17, 15) is 18.0 Å². The van der Waals surface area contributed by atoms with E-state index in [1.54, 1.807) is 0 Å². The van der Waals surface area contributed by atoms with E-state index in [2.05, 4.69) is 4.74 Å². The van der Waals surface area contributed by atoms with Gasteiger partial charge in [-0.3, -0.25) is 0 Å². The number of halogens is 3. The summed E-state index contributed by atoms with van der Waals surface area (Å²) in [4.78, 5) is 10.7. The Hall–Kier alpha value is -1.00. The Balaban J connectivity index is 4.48. The molecule has 0 unspecified atom stereocenters. The van der Waals surface area contributed by atoms with Gasteiger partial charge in [0, 0.05) is 11.6 Å². The largest absolute Gasteiger partial charge is 0.463 e. The highest BCUT2D eigenvalue weighted by atomic mass is 19.4. The van der Waals surface area contributed by atoms with E-state index >= 15 is 0 Å². The number of hydrogen-bond donors (Lipinski definition) is 0. The fourth-order valence-electron chi connectivity index (χ4n) is 0.711. The van der Waals surface area contributed by atoms with Gasteiger partial charge in [-0.2, -0.15) is 13.2 Å². The van der Waals surface area contributed by atoms with E-state index in [0.717, 1.165) is 0 Å². The molecule has 0 N–H and O–H groups in total. The summed E-state index contributed by atoms with van der Waals surface area (Å²) in [7, 11) is 0. The highest BCUT2D eigenvalue weighted by Crippen LogP contribution is 2.27. The minimum Gasteiger partial charge on any atom is -0.463 e. The van der Waals surface area contributed by atoms with Crippen LogP contribution in [0.5, 0.6) is 0 Å². The van der Waals surface area contributed by atoms with Crippen LogP contribution >= 0.6 is 0 Å². The van der Waals surface area contributed by atoms with Crippen molar-refractivity contribution in [2.45, 2.75) is 26.4 Å². The Bertz CT molecular complexity index is 206. The summed E-state index contributed by atoms with van der Waals surface area (Å²) < 4.78 is 40.5. The van der Waals surface area contributed by atoms with Gasteiger partial charge in [0.05, 0.1) is 6.61 Å². The van der Waals surface area contributed by atoms with Crippen molar-refractivity contribution in [3.8, 4) is 0 Å². The standard InChI is InChI=1S/C8H11F3O2/c1-3-6(8(9,10)11)5-7(12)13-4-2/h5H,3-4H2,1-2H3/b6-5-. The number of hydrogen-bond acceptors (Lipinski definition) is 2. The summed E-state index contributed by atoms with van der Waals surface area (Å²) in [6.45, 7) is 2.94. The van der Waals surface area contributed by atoms with Crippen molar-refractivity contribution in [3.63, 3.8) is 0 Å². The fraction of sp³-hybridized carbons (Fsp3) is 0.625. The molecule has 0 aromatic carbocycles. The van der Waals surface area contributed by atoms with E-state index in [1.807, 2.05) is 0 Å². The Kier molecular flexibility index (Phi) is 4.51. The molecule has 0 aromatic rings. The number of carbonyl (C=O) groups is 1. The number of ether oxygens (including phenoxy) is 1. The summed E-state index contributed by atoms with van der Waals surface area (Å²) in [6, 6.07) is 0. The molecule has 0 heterocycles. The molecule has 0 aliphatic rings. The third-order valence-corrected chi connectivity index (χ3v) is 1.32. The van der Waals surface area contributed by atoms with E-state index < -0.39 is 17.7 Å². The topological polar surface area (TPSA) is 26.3 Å². The summed E-state index contributed by atoms with van der Waals surface area (Å²) in [5.41, 5.74) is -0.869. The van der Waals surface area contributed by atoms with Crippen LogP contribution in [0, 0.1) is 0 Å². The van der Waals surface area contributed by atoms with Crippen LogP contribution in [0.15, 0.2) is 11.6 Å². The fourth-order valence-corrected chi connectivity index (χ4v) is 0.711. The first kappa shape index (κ1) is 12.0. The first-order chi connectivity index (χ1) is 5.91. The van der Waals surface area contributed by atoms with Crippen LogP contribution < -0.4 is 0 Å². The molecule has 0 bridgehead atoms. The second-order valence-electron chi connectivity index (χ2n) is 2.27. The van der Waals surface area contributed by atoms with Gasteiger partial charge in [-0.25, -0.2) is 4.79 Å². The molecule has 0 aromatic heterocycles. The zero-order valence-corrected chi connectivity index (χ0v) is 7.44. The molecule has 13 heavy (non-hydrogen) atoms. The van der Waals surface area contributed by atoms with Crippen molar-refractivity contribution in [1.82, 2.24) is 0 Å². The number of esters is 1. The van der Waals surface area contributed by atoms with Gasteiger partial charge in [-0.05, 0) is 13.3 Å². The number of carbonyl (C=O) groups excluding carboxylic acids is 1. The van der Waals surface area contributed by atoms with Crippen molar-refractivity contribution in [3.05, 3.63) is 11.6 Å². The van der Waals surface area contributed by atoms with Gasteiger partial charge in [-0.15, -0.1) is 0 Å². The van der Waals surface area contributed by atoms with Crippen LogP contribution in [-0.4, -0.2) is 18.8 Å². The highest BCUT2D eigenvalue weighted by molar-refractivity contribution is 5.83. The predicted molar refractivity (Wildman–Crippen MR) is 41.1 cm³/mol. The Morgan fingerprint density at radius 2 is 1.92 bits per heavy atom. The van der Waals surface area contributed by atoms with Crippen LogP contribution in [0.25, 0.3) is 0 Å². The minimum atomic E-state index is -4.44. The molecule has 5 heteroatoms. The van der Waals surface area contributed by atoms with Crippen LogP contribution in [-0.2, 0) is 9.53 Å². The monoisotopic (exact) mass is 196 g/mol. The Morgan fingerprint density at radius 3 is 2.23 bits per heavy atom. The van der Waals surface area contributed by atoms with Crippen LogP contribution in [0.3, 0.4) is 0 Å². The molecule has 0 radical (unpaired) electrons. The van der Waals surface area contributed by atoms with Crippen LogP contribution in [0.1, 0.15) is 20.3 Å². The van der Waals surface area contributed by atoms with Crippen molar-refractivity contribution >= 4 is 5.97 Å². The Labute approximate surface area is 74.4 Å². The lowest BCUT2D eigenvalue weighted by atomic mass is 10.2. The molecule has 0 amide bonds. The van der Waals surface area contributed by atoms with E-state index in [-0.39, 0.29) is 13.0 Å². The molecule has 0 fully saturated rings. The predicted octanol–water partition coefficient (Wildman–Crippen LogP) is 2.45. The van der Waals surface area contributed by atoms with Crippen LogP contribution in [0.2, 0.25) is 0 Å². The van der Waals surface area contributed by atoms with Crippen LogP contribution in [0.4, 0.5) is 13.2 Å². The maximum Gasteiger partial charge on any atom is 0.412 e. The minimum absolute atomic E-state index is 0.0736. The molecule has 76 valence electrons. The van der Waals surface area contributed by atoms with Gasteiger partial charge < -0.3 is 4.74 Å². The number of alkyl halides is 3. The lowest BCUT2D eigenvalue weighted by molar-refractivity contribution is -0.138. The second kappa shape index (κ2) is 4.89. The van der Waals surface area contributed by atoms with Gasteiger partial charge in [0.25, 0.3) is 0 Å². The highest BCUT2D eigenvalue weighted by Gasteiger charge is 2.32. The number of rotatable bonds is 3. The molecule has 0 saturated carbocycles. The third-order valence-electron chi connectivity index (χ3n) is 1.32. The maximum absolute atomic E-state index is 12.0. The van der Waals surface area contributed by atoms with E-state index in [1.165, 1.54) is 13.8 Å². The third kappa shape index (κ3) is 4.55. The zero-order chi connectivity index (χ0) is 10.5. The lowest BCUT2D eigenvalue weighted by Crippen LogP contribution is -2.13. The van der Waals surface area contributed by atoms with E-state index in [4.69, 9.17) is 0 Å². The van der Waals surface area contributed by atoms with Crippen molar-refractivity contribution in [2.75, 3.05) is 6.61 Å². The quantitative estimate of drug-likeness (QED) is 0.512. The molecule has 0 aliphatic carbocycles. The molecular weight excluding hydrogens is 185 g/mol. The molecule has 2 nitrogen and oxygen atoms in total. The molecule has 0 aliphatic heterocycles. The van der Waals surface area contributed by atoms with E-state index in [0.29, 0.717) is 6.08 Å². The van der Waals surface area contributed by atoms with Gasteiger partial charge in [0.15, 0.2) is 0 Å². The smallest absolute Gasteiger partial charge is 0.412 e. The number of allylic oxidation sites excluding steroid dienone is 1. The first-order valence-electron chi connectivity index (χ1n) is 3.86. The SMILES string of the molecule is CCOC(=O)/C=C(/CC)C(F)(F)F. The summed E-state index contributed by atoms with van der Waals surface area (Å²) in [6.07, 6.45) is -4.19. The summed E-state index contributed by atoms with van der Waals surface area (Å²) in [5, 5.41) is 0. The normalized spacial score (nSPS) is 12.8. The van der Waals surface area contributed by atoms with Crippen molar-refractivity contribution in [1.29, 1.82) is 0 Å². The lowest BCUT2D eigenvalue weighted by Gasteiger charge is -2.08. The first-order valence-corrected chi connectivity index (χ1v) is 3.86. The maximum atomic E-state index is 12.0. The molecule has 0 atom stereocenters. The average molecular weight is 196 g/mol. The molecular formula is C8H11F3O2. The zero-order valence-electron chi connectivity index (χ0n) is 7.44. The summed E-state index contributed by atoms with van der Waals surface area (Å²) >= 11 is 0. The molecule has 0 spiro atoms. The van der Waals surface area contributed by atoms with Crippen molar-refractivity contribution < 1.29 is 22.7 Å². The van der Waals surface area contributed by atoms with Gasteiger partial charge in [-0.1, -0.05) is 6.92 Å². The molecule has 0 rings (SSSR count). The second-order valence-corrected chi connectivity index (χ2v) is 2.27. The summed E-state index contributed by atoms with van der Waals surface area (Å²) in [5.74, 6) is -0.948. The average Bonchev–Trinajstić information content (AvgIpc) is 1.98. The molecule has 0 saturated heterocycles. The van der Waals surface area contributed by atoms with Gasteiger partial charge in [0.2, 0.25) is 0 Å². The van der Waals surface area contributed by atoms with Gasteiger partial charge >= 0.3 is 12.1 Å². The van der Waals surface area contributed by atoms with Gasteiger partial charge in [0.1, 0.15) is 0 Å². The van der Waals surface area contributed by atoms with Crippen molar-refractivity contribution in [2.24, 2.45) is 0 Å². The Morgan fingerprint density at radius 1 is 1.38 bits per heavy atom.